The minimum Gasteiger partial charge on any atom is -0.151 e. The van der Waals surface area contributed by atoms with Crippen molar-refractivity contribution in [1.29, 1.82) is 0 Å². The van der Waals surface area contributed by atoms with Crippen molar-refractivity contribution in [3.63, 3.8) is 0 Å². The lowest BCUT2D eigenvalue weighted by Gasteiger charge is -2.06. The smallest absolute Gasteiger partial charge is 0.0811 e. The van der Waals surface area contributed by atoms with Crippen LogP contribution in [0.3, 0.4) is 0 Å². The Bertz CT molecular complexity index is 83.3. The summed E-state index contributed by atoms with van der Waals surface area (Å²) >= 11 is 0. The van der Waals surface area contributed by atoms with Crippen molar-refractivity contribution in [2.24, 2.45) is 11.1 Å². The summed E-state index contributed by atoms with van der Waals surface area (Å²) in [5.74, 6) is 0.770. The Morgan fingerprint density at radius 1 is 1.40 bits per heavy atom. The predicted molar refractivity (Wildman–Crippen MR) is 44.0 cm³/mol. The molecule has 0 aliphatic rings. The van der Waals surface area contributed by atoms with E-state index in [2.05, 4.69) is 19.0 Å². The highest BCUT2D eigenvalue weighted by atomic mass is 16.3. The molecule has 10 heavy (non-hydrogen) atoms. The van der Waals surface area contributed by atoms with Crippen molar-refractivity contribution in [2.45, 2.75) is 39.5 Å². The summed E-state index contributed by atoms with van der Waals surface area (Å²) in [5, 5.41) is 2.82. The van der Waals surface area contributed by atoms with E-state index in [1.54, 1.807) is 0 Å². The van der Waals surface area contributed by atoms with Gasteiger partial charge in [0, 0.05) is 0 Å². The first-order valence-corrected chi connectivity index (χ1v) is 4.10. The largest absolute Gasteiger partial charge is 0.151 e. The highest BCUT2D eigenvalue weighted by Crippen LogP contribution is 2.11. The summed E-state index contributed by atoms with van der Waals surface area (Å²) in [6.45, 7) is 4.91. The van der Waals surface area contributed by atoms with Crippen molar-refractivity contribution in [2.75, 3.05) is 6.54 Å². The highest BCUT2D eigenvalue weighted by Gasteiger charge is 1.98. The first kappa shape index (κ1) is 9.60. The zero-order valence-corrected chi connectivity index (χ0v) is 6.97. The third kappa shape index (κ3) is 5.73. The lowest BCUT2D eigenvalue weighted by Crippen LogP contribution is -1.94. The molecular weight excluding hydrogens is 126 g/mol. The predicted octanol–water partition coefficient (Wildman–Crippen LogP) is 2.97. The van der Waals surface area contributed by atoms with Gasteiger partial charge in [0.2, 0.25) is 0 Å². The van der Waals surface area contributed by atoms with E-state index < -0.39 is 0 Å². The lowest BCUT2D eigenvalue weighted by atomic mass is 10.0. The van der Waals surface area contributed by atoms with Crippen LogP contribution in [0.5, 0.6) is 0 Å². The van der Waals surface area contributed by atoms with Gasteiger partial charge in [-0.25, -0.2) is 0 Å². The SMILES string of the molecule is CCC[C@H](C)CCCN=O. The minimum atomic E-state index is 0.494. The average molecular weight is 143 g/mol. The van der Waals surface area contributed by atoms with Crippen LogP contribution < -0.4 is 0 Å². The molecule has 0 rings (SSSR count). The van der Waals surface area contributed by atoms with Gasteiger partial charge in [-0.3, -0.25) is 0 Å². The standard InChI is InChI=1S/C8H17NO/c1-3-5-8(2)6-4-7-9-10/h8H,3-7H2,1-2H3/t8-/m0/s1. The zero-order chi connectivity index (χ0) is 7.82. The molecule has 0 saturated heterocycles. The lowest BCUT2D eigenvalue weighted by molar-refractivity contribution is 0.473. The topological polar surface area (TPSA) is 29.4 Å². The van der Waals surface area contributed by atoms with E-state index in [1.807, 2.05) is 0 Å². The van der Waals surface area contributed by atoms with Crippen LogP contribution in [-0.4, -0.2) is 6.54 Å². The van der Waals surface area contributed by atoms with Crippen molar-refractivity contribution in [3.8, 4) is 0 Å². The fraction of sp³-hybridized carbons (Fsp3) is 1.00. The molecule has 60 valence electrons. The van der Waals surface area contributed by atoms with Gasteiger partial charge in [0.25, 0.3) is 0 Å². The molecular formula is C8H17NO. The monoisotopic (exact) mass is 143 g/mol. The molecule has 0 aromatic carbocycles. The Hall–Kier alpha value is -0.400. The van der Waals surface area contributed by atoms with Crippen molar-refractivity contribution in [3.05, 3.63) is 4.91 Å². The molecule has 0 aromatic heterocycles. The molecule has 0 saturated carbocycles. The van der Waals surface area contributed by atoms with Gasteiger partial charge in [-0.2, -0.15) is 4.91 Å². The van der Waals surface area contributed by atoms with Crippen LogP contribution >= 0.6 is 0 Å². The minimum absolute atomic E-state index is 0.494. The number of hydrogen-bond donors (Lipinski definition) is 0. The van der Waals surface area contributed by atoms with E-state index in [-0.39, 0.29) is 0 Å². The van der Waals surface area contributed by atoms with Crippen molar-refractivity contribution < 1.29 is 0 Å². The van der Waals surface area contributed by atoms with E-state index >= 15 is 0 Å². The third-order valence-corrected chi connectivity index (χ3v) is 1.73. The summed E-state index contributed by atoms with van der Waals surface area (Å²) in [6.07, 6.45) is 4.64. The van der Waals surface area contributed by atoms with Crippen LogP contribution in [0.15, 0.2) is 5.18 Å². The van der Waals surface area contributed by atoms with Crippen LogP contribution in [0.25, 0.3) is 0 Å². The molecule has 2 nitrogen and oxygen atoms in total. The van der Waals surface area contributed by atoms with Crippen LogP contribution in [0, 0.1) is 10.8 Å². The third-order valence-electron chi connectivity index (χ3n) is 1.73. The molecule has 0 spiro atoms. The van der Waals surface area contributed by atoms with Crippen molar-refractivity contribution >= 4 is 0 Å². The number of hydrogen-bond acceptors (Lipinski definition) is 2. The summed E-state index contributed by atoms with van der Waals surface area (Å²) in [6, 6.07) is 0. The van der Waals surface area contributed by atoms with Gasteiger partial charge in [-0.1, -0.05) is 31.9 Å². The van der Waals surface area contributed by atoms with E-state index in [9.17, 15) is 4.91 Å². The average Bonchev–Trinajstić information content (AvgIpc) is 1.89. The van der Waals surface area contributed by atoms with Crippen LogP contribution in [-0.2, 0) is 0 Å². The Kier molecular flexibility index (Phi) is 6.45. The van der Waals surface area contributed by atoms with Gasteiger partial charge < -0.3 is 0 Å². The maximum absolute atomic E-state index is 9.69. The van der Waals surface area contributed by atoms with Gasteiger partial charge >= 0.3 is 0 Å². The Morgan fingerprint density at radius 3 is 2.60 bits per heavy atom. The second kappa shape index (κ2) is 6.72. The fourth-order valence-corrected chi connectivity index (χ4v) is 1.14. The Balaban J connectivity index is 3.04. The van der Waals surface area contributed by atoms with Crippen LogP contribution in [0.4, 0.5) is 0 Å². The van der Waals surface area contributed by atoms with Crippen LogP contribution in [0.1, 0.15) is 39.5 Å². The molecule has 0 heterocycles. The van der Waals surface area contributed by atoms with E-state index in [0.717, 1.165) is 18.8 Å². The molecule has 0 aliphatic carbocycles. The summed E-state index contributed by atoms with van der Waals surface area (Å²) < 4.78 is 0. The first-order valence-electron chi connectivity index (χ1n) is 4.10. The van der Waals surface area contributed by atoms with Gasteiger partial charge in [-0.05, 0) is 18.8 Å². The molecule has 0 unspecified atom stereocenters. The highest BCUT2D eigenvalue weighted by molar-refractivity contribution is 4.53. The molecule has 1 atom stereocenters. The maximum atomic E-state index is 9.69. The summed E-state index contributed by atoms with van der Waals surface area (Å²) in [7, 11) is 0. The summed E-state index contributed by atoms with van der Waals surface area (Å²) in [5.41, 5.74) is 0. The normalized spacial score (nSPS) is 13.0. The molecule has 0 radical (unpaired) electrons. The maximum Gasteiger partial charge on any atom is 0.0811 e. The quantitative estimate of drug-likeness (QED) is 0.415. The second-order valence-electron chi connectivity index (χ2n) is 2.89. The van der Waals surface area contributed by atoms with Crippen LogP contribution in [0.2, 0.25) is 0 Å². The molecule has 0 aliphatic heterocycles. The number of rotatable bonds is 6. The first-order chi connectivity index (χ1) is 4.81. The van der Waals surface area contributed by atoms with Gasteiger partial charge in [-0.15, -0.1) is 0 Å². The molecule has 2 heteroatoms. The van der Waals surface area contributed by atoms with Gasteiger partial charge in [0.15, 0.2) is 0 Å². The Labute approximate surface area is 63.0 Å². The van der Waals surface area contributed by atoms with Gasteiger partial charge in [0.05, 0.1) is 6.54 Å². The number of nitroso groups, excluding NO2 is 1. The fourth-order valence-electron chi connectivity index (χ4n) is 1.14. The Morgan fingerprint density at radius 2 is 2.10 bits per heavy atom. The molecule has 0 N–H and O–H groups in total. The second-order valence-corrected chi connectivity index (χ2v) is 2.89. The van der Waals surface area contributed by atoms with Crippen molar-refractivity contribution in [1.82, 2.24) is 0 Å². The van der Waals surface area contributed by atoms with E-state index in [4.69, 9.17) is 0 Å². The number of nitrogens with zero attached hydrogens (tertiary/aromatic N) is 1. The van der Waals surface area contributed by atoms with E-state index in [1.165, 1.54) is 12.8 Å². The summed E-state index contributed by atoms with van der Waals surface area (Å²) in [4.78, 5) is 9.69. The zero-order valence-electron chi connectivity index (χ0n) is 6.97. The van der Waals surface area contributed by atoms with E-state index in [0.29, 0.717) is 6.54 Å². The molecule has 0 bridgehead atoms. The molecule has 0 fully saturated rings. The van der Waals surface area contributed by atoms with Gasteiger partial charge in [0.1, 0.15) is 0 Å². The molecule has 0 amide bonds. The molecule has 0 aromatic rings.